The van der Waals surface area contributed by atoms with Crippen LogP contribution in [-0.2, 0) is 23.7 Å². The minimum atomic E-state index is -1.78. The van der Waals surface area contributed by atoms with Crippen LogP contribution in [0.25, 0.3) is 0 Å². The molecular weight excluding hydrogens is 823 g/mol. The van der Waals surface area contributed by atoms with Gasteiger partial charge in [-0.05, 0) is 51.4 Å². The van der Waals surface area contributed by atoms with Crippen molar-refractivity contribution in [3.8, 4) is 0 Å². The fourth-order valence-corrected chi connectivity index (χ4v) is 7.99. The predicted molar refractivity (Wildman–Crippen MR) is 249 cm³/mol. The Morgan fingerprint density at radius 3 is 1.62 bits per heavy atom. The van der Waals surface area contributed by atoms with Crippen LogP contribution in [0.3, 0.4) is 0 Å². The van der Waals surface area contributed by atoms with Crippen molar-refractivity contribution in [2.75, 3.05) is 19.8 Å². The summed E-state index contributed by atoms with van der Waals surface area (Å²) < 4.78 is 22.5. The first-order valence-corrected chi connectivity index (χ1v) is 24.9. The third kappa shape index (κ3) is 24.1. The van der Waals surface area contributed by atoms with Crippen molar-refractivity contribution < 1.29 is 64.6 Å². The van der Waals surface area contributed by atoms with Crippen molar-refractivity contribution in [3.05, 3.63) is 48.6 Å². The predicted octanol–water partition coefficient (Wildman–Crippen LogP) is 6.10. The van der Waals surface area contributed by atoms with Gasteiger partial charge in [0.2, 0.25) is 5.91 Å². The number of rotatable bonds is 37. The molecule has 9 N–H and O–H groups in total. The number of aliphatic hydroxyl groups is 8. The average molecular weight is 912 g/mol. The van der Waals surface area contributed by atoms with Crippen molar-refractivity contribution in [1.29, 1.82) is 0 Å². The number of aliphatic hydroxyl groups excluding tert-OH is 8. The van der Waals surface area contributed by atoms with E-state index in [-0.39, 0.29) is 12.5 Å². The van der Waals surface area contributed by atoms with Crippen molar-refractivity contribution in [2.24, 2.45) is 0 Å². The van der Waals surface area contributed by atoms with Gasteiger partial charge in [0.05, 0.1) is 32.0 Å². The molecule has 0 aliphatic carbocycles. The molecule has 2 rings (SSSR count). The van der Waals surface area contributed by atoms with E-state index in [1.165, 1.54) is 70.6 Å². The highest BCUT2D eigenvalue weighted by molar-refractivity contribution is 5.76. The molecule has 0 aromatic rings. The normalized spacial score (nSPS) is 27.7. The average Bonchev–Trinajstić information content (AvgIpc) is 3.29. The van der Waals surface area contributed by atoms with Gasteiger partial charge in [-0.2, -0.15) is 0 Å². The van der Waals surface area contributed by atoms with E-state index in [0.717, 1.165) is 70.6 Å². The zero-order chi connectivity index (χ0) is 46.8. The largest absolute Gasteiger partial charge is 0.394 e. The van der Waals surface area contributed by atoms with Crippen molar-refractivity contribution >= 4 is 5.91 Å². The first-order valence-electron chi connectivity index (χ1n) is 24.9. The molecule has 0 aromatic heterocycles. The highest BCUT2D eigenvalue weighted by Gasteiger charge is 2.51. The fourth-order valence-electron chi connectivity index (χ4n) is 7.99. The molecule has 12 atom stereocenters. The molecule has 14 nitrogen and oxygen atoms in total. The second-order valence-corrected chi connectivity index (χ2v) is 17.6. The van der Waals surface area contributed by atoms with E-state index in [2.05, 4.69) is 60.8 Å². The minimum Gasteiger partial charge on any atom is -0.394 e. The topological polar surface area (TPSA) is 228 Å². The van der Waals surface area contributed by atoms with Gasteiger partial charge in [0.25, 0.3) is 0 Å². The highest BCUT2D eigenvalue weighted by atomic mass is 16.7. The van der Waals surface area contributed by atoms with Crippen LogP contribution in [0.4, 0.5) is 0 Å². The summed E-state index contributed by atoms with van der Waals surface area (Å²) in [5, 5.41) is 86.0. The molecule has 2 saturated heterocycles. The number of hydrogen-bond donors (Lipinski definition) is 9. The number of carbonyl (C=O) groups is 1. The first kappa shape index (κ1) is 58.1. The Morgan fingerprint density at radius 2 is 1.08 bits per heavy atom. The number of allylic oxidation sites excluding steroid dienone is 8. The lowest BCUT2D eigenvalue weighted by Gasteiger charge is -2.46. The summed E-state index contributed by atoms with van der Waals surface area (Å²) in [6, 6.07) is -0.824. The zero-order valence-electron chi connectivity index (χ0n) is 39.3. The lowest BCUT2D eigenvalue weighted by molar-refractivity contribution is -0.359. The molecule has 14 heteroatoms. The van der Waals surface area contributed by atoms with Gasteiger partial charge in [-0.1, -0.05) is 159 Å². The van der Waals surface area contributed by atoms with Crippen LogP contribution in [0.2, 0.25) is 0 Å². The smallest absolute Gasteiger partial charge is 0.220 e. The molecule has 0 aromatic carbocycles. The number of amides is 1. The van der Waals surface area contributed by atoms with Gasteiger partial charge < -0.3 is 65.1 Å². The highest BCUT2D eigenvalue weighted by Crippen LogP contribution is 2.30. The maximum Gasteiger partial charge on any atom is 0.220 e. The molecule has 1 amide bonds. The van der Waals surface area contributed by atoms with Gasteiger partial charge >= 0.3 is 0 Å². The van der Waals surface area contributed by atoms with Crippen molar-refractivity contribution in [1.82, 2.24) is 5.32 Å². The van der Waals surface area contributed by atoms with Crippen LogP contribution in [0.5, 0.6) is 0 Å². The lowest BCUT2D eigenvalue weighted by Crippen LogP contribution is -2.65. The minimum absolute atomic E-state index is 0.222. The number of carbonyl (C=O) groups excluding carboxylic acids is 1. The lowest BCUT2D eigenvalue weighted by atomic mass is 9.97. The Kier molecular flexibility index (Phi) is 33.6. The summed E-state index contributed by atoms with van der Waals surface area (Å²) >= 11 is 0. The third-order valence-corrected chi connectivity index (χ3v) is 12.1. The van der Waals surface area contributed by atoms with Gasteiger partial charge in [0.15, 0.2) is 12.6 Å². The number of unbranched alkanes of at least 4 members (excludes halogenated alkanes) is 16. The maximum absolute atomic E-state index is 13.0. The van der Waals surface area contributed by atoms with Crippen LogP contribution in [0.1, 0.15) is 168 Å². The Labute approximate surface area is 384 Å². The van der Waals surface area contributed by atoms with Gasteiger partial charge in [-0.15, -0.1) is 0 Å². The Morgan fingerprint density at radius 1 is 0.578 bits per heavy atom. The SMILES string of the molecule is CC/C=C\C/C=C\C/C=C\C/C=C\CCCCCCCCCCCCCCCCC(=O)NC(COC1OC(CO)C(OC2OC(CO)C(O)C(O)C2O)C(O)C1O)C(O)CCCCC. The molecular formula is C50H89NO13. The maximum atomic E-state index is 13.0. The molecule has 2 fully saturated rings. The van der Waals surface area contributed by atoms with Crippen molar-refractivity contribution in [3.63, 3.8) is 0 Å². The first-order chi connectivity index (χ1) is 31.1. The quantitative estimate of drug-likeness (QED) is 0.0254. The van der Waals surface area contributed by atoms with E-state index >= 15 is 0 Å². The molecule has 12 unspecified atom stereocenters. The summed E-state index contributed by atoms with van der Waals surface area (Å²) in [5.41, 5.74) is 0. The van der Waals surface area contributed by atoms with E-state index < -0.39 is 86.8 Å². The van der Waals surface area contributed by atoms with E-state index in [1.54, 1.807) is 0 Å². The second-order valence-electron chi connectivity index (χ2n) is 17.6. The fraction of sp³-hybridized carbons (Fsp3) is 0.820. The van der Waals surface area contributed by atoms with E-state index in [4.69, 9.17) is 18.9 Å². The van der Waals surface area contributed by atoms with E-state index in [1.807, 2.05) is 6.92 Å². The van der Waals surface area contributed by atoms with Gasteiger partial charge in [0.1, 0.15) is 48.8 Å². The molecule has 0 saturated carbocycles. The molecule has 0 spiro atoms. The second kappa shape index (κ2) is 37.0. The van der Waals surface area contributed by atoms with E-state index in [9.17, 15) is 45.6 Å². The zero-order valence-corrected chi connectivity index (χ0v) is 39.3. The summed E-state index contributed by atoms with van der Waals surface area (Å²) in [6.07, 6.45) is 26.7. The molecule has 0 bridgehead atoms. The molecule has 2 aliphatic heterocycles. The summed E-state index contributed by atoms with van der Waals surface area (Å²) in [7, 11) is 0. The molecule has 372 valence electrons. The van der Waals surface area contributed by atoms with Crippen LogP contribution < -0.4 is 5.32 Å². The van der Waals surface area contributed by atoms with Crippen LogP contribution >= 0.6 is 0 Å². The molecule has 2 aliphatic rings. The van der Waals surface area contributed by atoms with Crippen LogP contribution in [0.15, 0.2) is 48.6 Å². The molecule has 64 heavy (non-hydrogen) atoms. The Balaban J connectivity index is 1.59. The van der Waals surface area contributed by atoms with Gasteiger partial charge in [-0.3, -0.25) is 4.79 Å². The third-order valence-electron chi connectivity index (χ3n) is 12.1. The Bertz CT molecular complexity index is 1260. The van der Waals surface area contributed by atoms with Gasteiger partial charge in [0, 0.05) is 6.42 Å². The Hall–Kier alpha value is -2.05. The van der Waals surface area contributed by atoms with Crippen molar-refractivity contribution in [2.45, 2.75) is 242 Å². The number of nitrogens with one attached hydrogen (secondary N) is 1. The van der Waals surface area contributed by atoms with E-state index in [0.29, 0.717) is 12.8 Å². The summed E-state index contributed by atoms with van der Waals surface area (Å²) in [5.74, 6) is -0.222. The summed E-state index contributed by atoms with van der Waals surface area (Å²) in [4.78, 5) is 13.0. The van der Waals surface area contributed by atoms with Crippen LogP contribution in [0, 0.1) is 0 Å². The molecule has 2 heterocycles. The number of ether oxygens (including phenoxy) is 4. The molecule has 0 radical (unpaired) electrons. The monoisotopic (exact) mass is 912 g/mol. The van der Waals surface area contributed by atoms with Gasteiger partial charge in [-0.25, -0.2) is 0 Å². The van der Waals surface area contributed by atoms with Crippen LogP contribution in [-0.4, -0.2) is 140 Å². The summed E-state index contributed by atoms with van der Waals surface area (Å²) in [6.45, 7) is 2.54. The number of hydrogen-bond acceptors (Lipinski definition) is 13. The standard InChI is InChI=1S/C50H89NO13/c1-3-5-7-8-9-10-11-12-13-14-15-16-17-18-19-20-21-22-23-24-25-26-27-28-29-30-32-34-42(55)51-38(39(54)33-31-6-4-2)37-61-49-47(60)45(58)48(41(36-53)63-49)64-50-46(59)44(57)43(56)40(35-52)62-50/h5,7,9-10,12-13,15-16,38-41,43-50,52-54,56-60H,3-4,6,8,11,14,17-37H2,1-2H3,(H,51,55)/b7-5-,10-9-,13-12-,16-15-.